The van der Waals surface area contributed by atoms with Crippen LogP contribution >= 0.6 is 48.0 Å². The van der Waals surface area contributed by atoms with Gasteiger partial charge in [-0.05, 0) is 50.4 Å². The number of nitrogens with zero attached hydrogens (tertiary/aromatic N) is 2. The molecule has 2 rings (SSSR count). The van der Waals surface area contributed by atoms with Crippen molar-refractivity contribution in [2.75, 3.05) is 26.3 Å². The third-order valence-corrected chi connectivity index (χ3v) is 9.37. The molecule has 0 atom stereocenters. The number of thioether (sulfide) groups is 2. The number of carbonyl (C=O) groups excluding carboxylic acids is 4. The fraction of sp³-hybridized carbons (Fsp3) is 0.714. The van der Waals surface area contributed by atoms with Gasteiger partial charge < -0.3 is 9.47 Å². The minimum Gasteiger partial charge on any atom is -0.466 e. The van der Waals surface area contributed by atoms with Gasteiger partial charge in [-0.15, -0.1) is 0 Å². The fourth-order valence-corrected chi connectivity index (χ4v) is 6.62. The Morgan fingerprint density at radius 2 is 1.05 bits per heavy atom. The second-order valence-electron chi connectivity index (χ2n) is 10.7. The van der Waals surface area contributed by atoms with Crippen LogP contribution in [0.2, 0.25) is 0 Å². The lowest BCUT2D eigenvalue weighted by molar-refractivity contribution is -0.145. The number of unbranched alkanes of at least 4 members (excludes halogenated alkanes) is 4. The van der Waals surface area contributed by atoms with Crippen LogP contribution in [0.4, 0.5) is 0 Å². The van der Waals surface area contributed by atoms with Gasteiger partial charge in [0.2, 0.25) is 0 Å². The first kappa shape index (κ1) is 34.7. The van der Waals surface area contributed by atoms with Gasteiger partial charge in [0, 0.05) is 25.9 Å². The van der Waals surface area contributed by atoms with Crippen LogP contribution < -0.4 is 0 Å². The Balaban J connectivity index is 1.74. The Hall–Kier alpha value is -1.50. The first-order valence-corrected chi connectivity index (χ1v) is 16.6. The van der Waals surface area contributed by atoms with Crippen molar-refractivity contribution in [3.8, 4) is 0 Å². The van der Waals surface area contributed by atoms with Gasteiger partial charge in [-0.3, -0.25) is 29.0 Å². The molecule has 2 fully saturated rings. The first-order valence-electron chi connectivity index (χ1n) is 14.1. The van der Waals surface area contributed by atoms with Crippen molar-refractivity contribution >= 4 is 80.4 Å². The monoisotopic (exact) mass is 630 g/mol. The number of rotatable bonds is 18. The van der Waals surface area contributed by atoms with Gasteiger partial charge >= 0.3 is 11.9 Å². The average molecular weight is 631 g/mol. The van der Waals surface area contributed by atoms with Crippen LogP contribution in [0, 0.1) is 11.8 Å². The van der Waals surface area contributed by atoms with Gasteiger partial charge in [0.1, 0.15) is 8.64 Å². The molecule has 0 saturated carbocycles. The highest BCUT2D eigenvalue weighted by molar-refractivity contribution is 8.29. The quantitative estimate of drug-likeness (QED) is 0.0752. The number of hydrogen-bond acceptors (Lipinski definition) is 10. The molecule has 2 heterocycles. The second kappa shape index (κ2) is 18.1. The van der Waals surface area contributed by atoms with E-state index in [2.05, 4.69) is 27.7 Å². The summed E-state index contributed by atoms with van der Waals surface area (Å²) in [5.41, 5.74) is 0. The van der Waals surface area contributed by atoms with Crippen LogP contribution in [-0.2, 0) is 28.7 Å². The van der Waals surface area contributed by atoms with E-state index < -0.39 is 0 Å². The molecule has 2 aliphatic rings. The van der Waals surface area contributed by atoms with E-state index in [1.165, 1.54) is 9.80 Å². The van der Waals surface area contributed by atoms with E-state index in [9.17, 15) is 19.2 Å². The summed E-state index contributed by atoms with van der Waals surface area (Å²) in [7, 11) is 0. The normalized spacial score (nSPS) is 17.6. The van der Waals surface area contributed by atoms with E-state index in [0.29, 0.717) is 95.1 Å². The molecule has 0 N–H and O–H groups in total. The molecule has 0 radical (unpaired) electrons. The number of thiocarbonyl (C=S) groups is 2. The molecule has 40 heavy (non-hydrogen) atoms. The minimum absolute atomic E-state index is 0.187. The lowest BCUT2D eigenvalue weighted by Gasteiger charge is -2.14. The summed E-state index contributed by atoms with van der Waals surface area (Å²) in [6.07, 6.45) is 6.75. The van der Waals surface area contributed by atoms with Gasteiger partial charge in [-0.1, -0.05) is 88.5 Å². The average Bonchev–Trinajstić information content (AvgIpc) is 3.32. The molecule has 2 aliphatic heterocycles. The van der Waals surface area contributed by atoms with Crippen LogP contribution in [0.1, 0.15) is 91.9 Å². The van der Waals surface area contributed by atoms with E-state index in [1.807, 2.05) is 0 Å². The van der Waals surface area contributed by atoms with Crippen molar-refractivity contribution < 1.29 is 28.7 Å². The van der Waals surface area contributed by atoms with Crippen molar-refractivity contribution in [2.24, 2.45) is 11.8 Å². The molecule has 12 heteroatoms. The van der Waals surface area contributed by atoms with Crippen LogP contribution in [0.15, 0.2) is 9.81 Å². The van der Waals surface area contributed by atoms with Gasteiger partial charge in [-0.2, -0.15) is 0 Å². The molecule has 0 aromatic carbocycles. The molecular weight excluding hydrogens is 589 g/mol. The zero-order valence-corrected chi connectivity index (χ0v) is 27.3. The molecule has 0 spiro atoms. The summed E-state index contributed by atoms with van der Waals surface area (Å²) >= 11 is 13.1. The highest BCUT2D eigenvalue weighted by Crippen LogP contribution is 2.42. The summed E-state index contributed by atoms with van der Waals surface area (Å²) in [5.74, 6) is 0.0914. The first-order chi connectivity index (χ1) is 19.0. The Morgan fingerprint density at radius 3 is 1.40 bits per heavy atom. The number of hydrogen-bond donors (Lipinski definition) is 0. The van der Waals surface area contributed by atoms with Crippen LogP contribution in [-0.4, -0.2) is 68.5 Å². The lowest BCUT2D eigenvalue weighted by atomic mass is 10.1. The fourth-order valence-electron chi connectivity index (χ4n) is 3.85. The third kappa shape index (κ3) is 11.8. The number of esters is 2. The van der Waals surface area contributed by atoms with Crippen molar-refractivity contribution in [3.63, 3.8) is 0 Å². The van der Waals surface area contributed by atoms with Gasteiger partial charge in [0.05, 0.1) is 23.0 Å². The van der Waals surface area contributed by atoms with E-state index >= 15 is 0 Å². The summed E-state index contributed by atoms with van der Waals surface area (Å²) in [4.78, 5) is 53.6. The Kier molecular flexibility index (Phi) is 15.7. The minimum atomic E-state index is -0.264. The smallest absolute Gasteiger partial charge is 0.305 e. The predicted molar refractivity (Wildman–Crippen MR) is 169 cm³/mol. The zero-order chi connectivity index (χ0) is 29.7. The molecule has 224 valence electrons. The zero-order valence-electron chi connectivity index (χ0n) is 24.0. The van der Waals surface area contributed by atoms with Crippen LogP contribution in [0.25, 0.3) is 0 Å². The summed E-state index contributed by atoms with van der Waals surface area (Å²) < 4.78 is 11.3. The summed E-state index contributed by atoms with van der Waals surface area (Å²) in [5, 5.41) is 0. The number of ether oxygens (including phenoxy) is 2. The standard InChI is InChI=1S/C28H42N2O6S4/c1-19(2)13-17-35-21(31)11-7-5-9-15-29-25(33)23(39-27(29)37)24-26(34)30(28(38)40-24)16-10-6-8-12-22(32)36-18-14-20(3)4/h19-20H,5-18H2,1-4H3. The molecule has 2 amide bonds. The van der Waals surface area contributed by atoms with Crippen molar-refractivity contribution in [1.29, 1.82) is 0 Å². The van der Waals surface area contributed by atoms with E-state index in [-0.39, 0.29) is 23.8 Å². The summed E-state index contributed by atoms with van der Waals surface area (Å²) in [6.45, 7) is 10.1. The molecule has 0 bridgehead atoms. The molecule has 0 aromatic heterocycles. The number of carbonyl (C=O) groups is 4. The largest absolute Gasteiger partial charge is 0.466 e. The van der Waals surface area contributed by atoms with E-state index in [4.69, 9.17) is 33.9 Å². The van der Waals surface area contributed by atoms with Crippen molar-refractivity contribution in [1.82, 2.24) is 9.80 Å². The van der Waals surface area contributed by atoms with Gasteiger partial charge in [0.15, 0.2) is 0 Å². The van der Waals surface area contributed by atoms with Gasteiger partial charge in [-0.25, -0.2) is 0 Å². The van der Waals surface area contributed by atoms with Gasteiger partial charge in [0.25, 0.3) is 11.8 Å². The molecule has 0 aromatic rings. The highest BCUT2D eigenvalue weighted by atomic mass is 32.2. The maximum absolute atomic E-state index is 13.1. The Bertz CT molecular complexity index is 906. The van der Waals surface area contributed by atoms with E-state index in [0.717, 1.165) is 49.2 Å². The molecule has 0 unspecified atom stereocenters. The maximum atomic E-state index is 13.1. The molecule has 2 saturated heterocycles. The summed E-state index contributed by atoms with van der Waals surface area (Å²) in [6, 6.07) is 0. The molecule has 0 aliphatic carbocycles. The van der Waals surface area contributed by atoms with Crippen molar-refractivity contribution in [2.45, 2.75) is 91.9 Å². The highest BCUT2D eigenvalue weighted by Gasteiger charge is 2.41. The van der Waals surface area contributed by atoms with E-state index in [1.54, 1.807) is 0 Å². The lowest BCUT2D eigenvalue weighted by Crippen LogP contribution is -2.31. The second-order valence-corrected chi connectivity index (χ2v) is 14.0. The Morgan fingerprint density at radius 1 is 0.675 bits per heavy atom. The Labute approximate surface area is 257 Å². The SMILES string of the molecule is CC(C)CCOC(=O)CCCCCN1C(=O)C(=C2SC(=S)N(CCCCCC(=O)OCCC(C)C)C2=O)SC1=S. The van der Waals surface area contributed by atoms with Crippen LogP contribution in [0.3, 0.4) is 0 Å². The third-order valence-electron chi connectivity index (χ3n) is 6.35. The topological polar surface area (TPSA) is 93.2 Å². The number of amides is 2. The van der Waals surface area contributed by atoms with Crippen LogP contribution in [0.5, 0.6) is 0 Å². The van der Waals surface area contributed by atoms with Crippen molar-refractivity contribution in [3.05, 3.63) is 9.81 Å². The maximum Gasteiger partial charge on any atom is 0.305 e. The predicted octanol–water partition coefficient (Wildman–Crippen LogP) is 6.22. The molecule has 8 nitrogen and oxygen atoms in total. The molecular formula is C28H42N2O6S4.